The van der Waals surface area contributed by atoms with Gasteiger partial charge in [-0.1, -0.05) is 24.3 Å². The second kappa shape index (κ2) is 4.57. The summed E-state index contributed by atoms with van der Waals surface area (Å²) in [5.74, 6) is 0.0695. The van der Waals surface area contributed by atoms with Crippen LogP contribution in [0, 0.1) is 5.82 Å². The van der Waals surface area contributed by atoms with Gasteiger partial charge in [-0.25, -0.2) is 9.38 Å². The zero-order valence-corrected chi connectivity index (χ0v) is 10.1. The minimum Gasteiger partial charge on any atom is -0.369 e. The highest BCUT2D eigenvalue weighted by Crippen LogP contribution is 2.23. The van der Waals surface area contributed by atoms with Crippen LogP contribution < -0.4 is 11.1 Å². The minimum atomic E-state index is -0.262. The van der Waals surface area contributed by atoms with E-state index in [0.717, 1.165) is 22.5 Å². The molecule has 94 valence electrons. The van der Waals surface area contributed by atoms with Crippen LogP contribution >= 0.6 is 0 Å². The summed E-state index contributed by atoms with van der Waals surface area (Å²) in [5.41, 5.74) is 9.26. The van der Waals surface area contributed by atoms with E-state index in [1.54, 1.807) is 12.1 Å². The third-order valence-electron chi connectivity index (χ3n) is 2.90. The number of allylic oxidation sites excluding steroid dienone is 6. The van der Waals surface area contributed by atoms with E-state index in [1.807, 2.05) is 30.4 Å². The van der Waals surface area contributed by atoms with Crippen LogP contribution in [-0.4, -0.2) is 5.96 Å². The number of guanidine groups is 1. The van der Waals surface area contributed by atoms with Crippen molar-refractivity contribution in [1.82, 2.24) is 5.32 Å². The molecule has 0 aromatic heterocycles. The summed E-state index contributed by atoms with van der Waals surface area (Å²) in [7, 11) is 0. The lowest BCUT2D eigenvalue weighted by Gasteiger charge is -2.16. The Balaban J connectivity index is 2.03. The van der Waals surface area contributed by atoms with E-state index in [2.05, 4.69) is 10.3 Å². The normalized spacial score (nSPS) is 17.3. The van der Waals surface area contributed by atoms with E-state index < -0.39 is 0 Å². The Morgan fingerprint density at radius 3 is 2.42 bits per heavy atom. The molecule has 1 aromatic carbocycles. The maximum absolute atomic E-state index is 12.9. The molecule has 0 saturated heterocycles. The predicted molar refractivity (Wildman–Crippen MR) is 74.4 cm³/mol. The van der Waals surface area contributed by atoms with Gasteiger partial charge < -0.3 is 11.1 Å². The highest BCUT2D eigenvalue weighted by atomic mass is 19.1. The molecular formula is C15H12FN3. The Labute approximate surface area is 110 Å². The summed E-state index contributed by atoms with van der Waals surface area (Å²) in [6.07, 6.45) is 9.73. The van der Waals surface area contributed by atoms with E-state index in [1.165, 1.54) is 12.1 Å². The van der Waals surface area contributed by atoms with Gasteiger partial charge in [-0.15, -0.1) is 0 Å². The molecule has 4 heteroatoms. The smallest absolute Gasteiger partial charge is 0.198 e. The highest BCUT2D eigenvalue weighted by Gasteiger charge is 2.12. The van der Waals surface area contributed by atoms with Gasteiger partial charge in [-0.05, 0) is 35.9 Å². The summed E-state index contributed by atoms with van der Waals surface area (Å²) in [6.45, 7) is 0. The van der Waals surface area contributed by atoms with Crippen LogP contribution in [0.25, 0.3) is 5.70 Å². The average Bonchev–Trinajstić information content (AvgIpc) is 2.93. The van der Waals surface area contributed by atoms with Crippen molar-refractivity contribution in [3.05, 3.63) is 77.3 Å². The predicted octanol–water partition coefficient (Wildman–Crippen LogP) is 2.46. The Hall–Kier alpha value is -2.62. The Kier molecular flexibility index (Phi) is 2.76. The quantitative estimate of drug-likeness (QED) is 0.807. The molecule has 3 N–H and O–H groups in total. The first-order valence-corrected chi connectivity index (χ1v) is 5.90. The monoisotopic (exact) mass is 253 g/mol. The van der Waals surface area contributed by atoms with Gasteiger partial charge in [0.1, 0.15) is 5.82 Å². The van der Waals surface area contributed by atoms with Gasteiger partial charge in [0, 0.05) is 5.57 Å². The number of nitrogens with zero attached hydrogens (tertiary/aromatic N) is 1. The molecule has 0 unspecified atom stereocenters. The molecule has 1 heterocycles. The largest absolute Gasteiger partial charge is 0.369 e. The van der Waals surface area contributed by atoms with Crippen molar-refractivity contribution in [3.63, 3.8) is 0 Å². The molecule has 1 aliphatic heterocycles. The lowest BCUT2D eigenvalue weighted by Crippen LogP contribution is -2.32. The van der Waals surface area contributed by atoms with Crippen molar-refractivity contribution >= 4 is 11.7 Å². The minimum absolute atomic E-state index is 0.262. The Bertz CT molecular complexity index is 647. The number of aliphatic imine (C=N–C) groups is 1. The molecule has 3 rings (SSSR count). The molecule has 3 nitrogen and oxygen atoms in total. The lowest BCUT2D eigenvalue weighted by atomic mass is 10.1. The van der Waals surface area contributed by atoms with Crippen LogP contribution in [0.5, 0.6) is 0 Å². The van der Waals surface area contributed by atoms with E-state index in [4.69, 9.17) is 5.73 Å². The van der Waals surface area contributed by atoms with Crippen LogP contribution in [0.1, 0.15) is 5.56 Å². The molecule has 0 saturated carbocycles. The van der Waals surface area contributed by atoms with Crippen LogP contribution in [0.2, 0.25) is 0 Å². The molecule has 19 heavy (non-hydrogen) atoms. The standard InChI is InChI=1S/C15H12FN3/c16-12-7-5-11(6-8-12)14-9-13(18-15(17)19-14)10-3-1-2-4-10/h1-9H,(H3,17,18,19). The summed E-state index contributed by atoms with van der Waals surface area (Å²) in [5, 5.41) is 2.99. The van der Waals surface area contributed by atoms with Gasteiger partial charge in [0.15, 0.2) is 5.96 Å². The number of hydrogen-bond acceptors (Lipinski definition) is 3. The van der Waals surface area contributed by atoms with Gasteiger partial charge in [-0.3, -0.25) is 0 Å². The lowest BCUT2D eigenvalue weighted by molar-refractivity contribution is 0.627. The number of halogens is 1. The van der Waals surface area contributed by atoms with E-state index in [0.29, 0.717) is 5.96 Å². The molecular weight excluding hydrogens is 241 g/mol. The fraction of sp³-hybridized carbons (Fsp3) is 0. The topological polar surface area (TPSA) is 50.4 Å². The van der Waals surface area contributed by atoms with Gasteiger partial charge in [0.25, 0.3) is 0 Å². The highest BCUT2D eigenvalue weighted by molar-refractivity contribution is 5.92. The molecule has 0 amide bonds. The molecule has 1 aliphatic carbocycles. The van der Waals surface area contributed by atoms with Crippen molar-refractivity contribution in [2.75, 3.05) is 0 Å². The second-order valence-electron chi connectivity index (χ2n) is 4.25. The first-order chi connectivity index (χ1) is 9.22. The first-order valence-electron chi connectivity index (χ1n) is 5.90. The number of nitrogens with two attached hydrogens (primary N) is 1. The summed E-state index contributed by atoms with van der Waals surface area (Å²) < 4.78 is 12.9. The maximum Gasteiger partial charge on any atom is 0.198 e. The molecule has 1 aromatic rings. The van der Waals surface area contributed by atoms with Gasteiger partial charge in [0.05, 0.1) is 11.4 Å². The van der Waals surface area contributed by atoms with E-state index in [9.17, 15) is 4.39 Å². The second-order valence-corrected chi connectivity index (χ2v) is 4.25. The third-order valence-corrected chi connectivity index (χ3v) is 2.90. The van der Waals surface area contributed by atoms with Gasteiger partial charge in [0.2, 0.25) is 0 Å². The van der Waals surface area contributed by atoms with E-state index >= 15 is 0 Å². The van der Waals surface area contributed by atoms with Crippen molar-refractivity contribution in [2.24, 2.45) is 10.7 Å². The summed E-state index contributed by atoms with van der Waals surface area (Å²) >= 11 is 0. The molecule has 0 spiro atoms. The number of hydrogen-bond donors (Lipinski definition) is 2. The summed E-state index contributed by atoms with van der Waals surface area (Å²) in [4.78, 5) is 4.27. The van der Waals surface area contributed by atoms with Crippen molar-refractivity contribution < 1.29 is 4.39 Å². The maximum atomic E-state index is 12.9. The zero-order valence-electron chi connectivity index (χ0n) is 10.1. The fourth-order valence-corrected chi connectivity index (χ4v) is 1.98. The van der Waals surface area contributed by atoms with E-state index in [-0.39, 0.29) is 5.82 Å². The number of nitrogens with one attached hydrogen (secondary N) is 1. The molecule has 0 atom stereocenters. The SMILES string of the molecule is NC1=NC(=C2C=CC=C2)C=C(c2ccc(F)cc2)N1. The van der Waals surface area contributed by atoms with Crippen molar-refractivity contribution in [2.45, 2.75) is 0 Å². The zero-order chi connectivity index (χ0) is 13.2. The van der Waals surface area contributed by atoms with Crippen LogP contribution in [0.4, 0.5) is 4.39 Å². The van der Waals surface area contributed by atoms with Crippen molar-refractivity contribution in [1.29, 1.82) is 0 Å². The van der Waals surface area contributed by atoms with Crippen LogP contribution in [-0.2, 0) is 0 Å². The van der Waals surface area contributed by atoms with Gasteiger partial charge in [-0.2, -0.15) is 0 Å². The summed E-state index contributed by atoms with van der Waals surface area (Å²) in [6, 6.07) is 6.24. The first kappa shape index (κ1) is 11.5. The molecule has 0 radical (unpaired) electrons. The number of benzene rings is 1. The third kappa shape index (κ3) is 2.33. The van der Waals surface area contributed by atoms with Crippen LogP contribution in [0.15, 0.2) is 70.9 Å². The fourth-order valence-electron chi connectivity index (χ4n) is 1.98. The van der Waals surface area contributed by atoms with Crippen molar-refractivity contribution in [3.8, 4) is 0 Å². The van der Waals surface area contributed by atoms with Crippen LogP contribution in [0.3, 0.4) is 0 Å². The van der Waals surface area contributed by atoms with Gasteiger partial charge >= 0.3 is 0 Å². The Morgan fingerprint density at radius 1 is 1.05 bits per heavy atom. The molecule has 0 bridgehead atoms. The molecule has 0 fully saturated rings. The molecule has 2 aliphatic rings. The number of rotatable bonds is 1. The Morgan fingerprint density at radius 2 is 1.74 bits per heavy atom. The average molecular weight is 253 g/mol.